The molecule has 19 heavy (non-hydrogen) atoms. The van der Waals surface area contributed by atoms with Crippen molar-refractivity contribution < 1.29 is 14.7 Å². The van der Waals surface area contributed by atoms with Gasteiger partial charge in [0, 0.05) is 13.1 Å². The number of aryl methyl sites for hydroxylation is 1. The topological polar surface area (TPSA) is 57.6 Å². The van der Waals surface area contributed by atoms with Crippen LogP contribution in [0.4, 0.5) is 0 Å². The minimum Gasteiger partial charge on any atom is -0.481 e. The van der Waals surface area contributed by atoms with E-state index in [9.17, 15) is 14.7 Å². The van der Waals surface area contributed by atoms with Gasteiger partial charge < -0.3 is 10.0 Å². The van der Waals surface area contributed by atoms with Gasteiger partial charge in [0.25, 0.3) is 5.91 Å². The maximum absolute atomic E-state index is 12.4. The molecule has 1 aromatic rings. The van der Waals surface area contributed by atoms with Gasteiger partial charge in [0.05, 0.1) is 14.1 Å². The van der Waals surface area contributed by atoms with E-state index in [0.717, 1.165) is 9.35 Å². The summed E-state index contributed by atoms with van der Waals surface area (Å²) in [4.78, 5) is 26.1. The van der Waals surface area contributed by atoms with E-state index >= 15 is 0 Å². The number of carboxylic acid groups (broad SMARTS) is 1. The van der Waals surface area contributed by atoms with E-state index in [-0.39, 0.29) is 5.91 Å². The Hall–Kier alpha value is -0.880. The lowest BCUT2D eigenvalue weighted by atomic mass is 9.84. The highest BCUT2D eigenvalue weighted by Crippen LogP contribution is 2.36. The zero-order valence-corrected chi connectivity index (χ0v) is 13.3. The van der Waals surface area contributed by atoms with Crippen molar-refractivity contribution in [3.8, 4) is 0 Å². The van der Waals surface area contributed by atoms with E-state index in [0.29, 0.717) is 30.8 Å². The molecule has 1 aromatic heterocycles. The van der Waals surface area contributed by atoms with Crippen LogP contribution in [0.1, 0.15) is 35.0 Å². The fourth-order valence-corrected chi connectivity index (χ4v) is 3.88. The van der Waals surface area contributed by atoms with Crippen LogP contribution in [0.25, 0.3) is 0 Å². The van der Waals surface area contributed by atoms with Crippen LogP contribution in [0.15, 0.2) is 9.85 Å². The van der Waals surface area contributed by atoms with Crippen molar-refractivity contribution in [1.82, 2.24) is 4.90 Å². The standard InChI is InChI=1S/C13H16BrNO3S/c1-3-13(12(17)18)4-5-15(7-13)11(16)9-6-8(2)10(14)19-9/h6H,3-5,7H2,1-2H3,(H,17,18). The second-order valence-electron chi connectivity index (χ2n) is 4.98. The fourth-order valence-electron chi connectivity index (χ4n) is 2.38. The lowest BCUT2D eigenvalue weighted by Crippen LogP contribution is -2.36. The summed E-state index contributed by atoms with van der Waals surface area (Å²) < 4.78 is 0.954. The van der Waals surface area contributed by atoms with Gasteiger partial charge in [-0.05, 0) is 47.3 Å². The van der Waals surface area contributed by atoms with Gasteiger partial charge in [-0.2, -0.15) is 0 Å². The van der Waals surface area contributed by atoms with Crippen molar-refractivity contribution in [2.45, 2.75) is 26.7 Å². The molecule has 4 nitrogen and oxygen atoms in total. The summed E-state index contributed by atoms with van der Waals surface area (Å²) >= 11 is 4.81. The van der Waals surface area contributed by atoms with Gasteiger partial charge in [0.1, 0.15) is 0 Å². The number of carbonyl (C=O) groups excluding carboxylic acids is 1. The normalized spacial score (nSPS) is 22.8. The van der Waals surface area contributed by atoms with Gasteiger partial charge in [0.15, 0.2) is 0 Å². The van der Waals surface area contributed by atoms with Crippen molar-refractivity contribution in [3.63, 3.8) is 0 Å². The summed E-state index contributed by atoms with van der Waals surface area (Å²) in [6, 6.07) is 1.85. The van der Waals surface area contributed by atoms with E-state index in [1.807, 2.05) is 19.9 Å². The highest BCUT2D eigenvalue weighted by Gasteiger charge is 2.45. The average Bonchev–Trinajstić information content (AvgIpc) is 2.94. The van der Waals surface area contributed by atoms with E-state index < -0.39 is 11.4 Å². The summed E-state index contributed by atoms with van der Waals surface area (Å²) in [6.45, 7) is 4.64. The smallest absolute Gasteiger partial charge is 0.311 e. The van der Waals surface area contributed by atoms with Crippen LogP contribution < -0.4 is 0 Å². The molecular weight excluding hydrogens is 330 g/mol. The lowest BCUT2D eigenvalue weighted by molar-refractivity contribution is -0.148. The van der Waals surface area contributed by atoms with Crippen LogP contribution >= 0.6 is 27.3 Å². The highest BCUT2D eigenvalue weighted by molar-refractivity contribution is 9.11. The van der Waals surface area contributed by atoms with Crippen molar-refractivity contribution in [3.05, 3.63) is 20.3 Å². The Labute approximate surface area is 124 Å². The number of aliphatic carboxylic acids is 1. The van der Waals surface area contributed by atoms with Gasteiger partial charge in [-0.15, -0.1) is 11.3 Å². The van der Waals surface area contributed by atoms with Gasteiger partial charge in [-0.25, -0.2) is 0 Å². The van der Waals surface area contributed by atoms with Gasteiger partial charge >= 0.3 is 5.97 Å². The summed E-state index contributed by atoms with van der Waals surface area (Å²) in [5, 5.41) is 9.34. The monoisotopic (exact) mass is 345 g/mol. The minimum absolute atomic E-state index is 0.0598. The van der Waals surface area contributed by atoms with Crippen LogP contribution in [-0.4, -0.2) is 35.0 Å². The number of carbonyl (C=O) groups is 2. The molecular formula is C13H16BrNO3S. The van der Waals surface area contributed by atoms with E-state index in [1.165, 1.54) is 11.3 Å². The van der Waals surface area contributed by atoms with Crippen LogP contribution in [0.5, 0.6) is 0 Å². The fraction of sp³-hybridized carbons (Fsp3) is 0.538. The molecule has 0 bridgehead atoms. The SMILES string of the molecule is CCC1(C(=O)O)CCN(C(=O)c2cc(C)c(Br)s2)C1. The molecule has 1 saturated heterocycles. The number of nitrogens with zero attached hydrogens (tertiary/aromatic N) is 1. The lowest BCUT2D eigenvalue weighted by Gasteiger charge is -2.22. The second-order valence-corrected chi connectivity index (χ2v) is 7.35. The van der Waals surface area contributed by atoms with Crippen molar-refractivity contribution in [1.29, 1.82) is 0 Å². The molecule has 0 saturated carbocycles. The first-order valence-corrected chi connectivity index (χ1v) is 7.79. The molecule has 1 aliphatic heterocycles. The molecule has 1 N–H and O–H groups in total. The Morgan fingerprint density at radius 1 is 1.58 bits per heavy atom. The number of amides is 1. The number of hydrogen-bond acceptors (Lipinski definition) is 3. The number of halogens is 1. The zero-order valence-electron chi connectivity index (χ0n) is 10.9. The maximum atomic E-state index is 12.4. The second kappa shape index (κ2) is 5.25. The molecule has 1 atom stereocenters. The predicted molar refractivity (Wildman–Crippen MR) is 77.6 cm³/mol. The Bertz CT molecular complexity index is 508. The Kier molecular flexibility index (Phi) is 4.01. The first kappa shape index (κ1) is 14.5. The summed E-state index contributed by atoms with van der Waals surface area (Å²) in [7, 11) is 0. The summed E-state index contributed by atoms with van der Waals surface area (Å²) in [5.74, 6) is -0.857. The minimum atomic E-state index is -0.797. The Morgan fingerprint density at radius 2 is 2.26 bits per heavy atom. The number of thiophene rings is 1. The number of likely N-dealkylation sites (tertiary alicyclic amines) is 1. The third kappa shape index (κ3) is 2.56. The van der Waals surface area contributed by atoms with E-state index in [4.69, 9.17) is 0 Å². The zero-order chi connectivity index (χ0) is 14.2. The van der Waals surface area contributed by atoms with Crippen LogP contribution in [0.2, 0.25) is 0 Å². The first-order valence-electron chi connectivity index (χ1n) is 6.18. The number of rotatable bonds is 3. The van der Waals surface area contributed by atoms with Gasteiger partial charge in [-0.1, -0.05) is 6.92 Å². The van der Waals surface area contributed by atoms with Crippen molar-refractivity contribution >= 4 is 39.1 Å². The van der Waals surface area contributed by atoms with Gasteiger partial charge in [0.2, 0.25) is 0 Å². The summed E-state index contributed by atoms with van der Waals surface area (Å²) in [5.41, 5.74) is 0.270. The molecule has 0 radical (unpaired) electrons. The van der Waals surface area contributed by atoms with Crippen LogP contribution in [0, 0.1) is 12.3 Å². The highest BCUT2D eigenvalue weighted by atomic mass is 79.9. The first-order chi connectivity index (χ1) is 8.89. The third-order valence-electron chi connectivity index (χ3n) is 3.84. The molecule has 2 rings (SSSR count). The molecule has 0 aromatic carbocycles. The molecule has 6 heteroatoms. The molecule has 104 valence electrons. The molecule has 2 heterocycles. The Balaban J connectivity index is 2.17. The van der Waals surface area contributed by atoms with E-state index in [2.05, 4.69) is 15.9 Å². The van der Waals surface area contributed by atoms with Crippen LogP contribution in [0.3, 0.4) is 0 Å². The predicted octanol–water partition coefficient (Wildman–Crippen LogP) is 3.15. The van der Waals surface area contributed by atoms with Crippen molar-refractivity contribution in [2.24, 2.45) is 5.41 Å². The molecule has 1 fully saturated rings. The van der Waals surface area contributed by atoms with Crippen LogP contribution in [-0.2, 0) is 4.79 Å². The number of carboxylic acids is 1. The Morgan fingerprint density at radius 3 is 2.68 bits per heavy atom. The summed E-state index contributed by atoms with van der Waals surface area (Å²) in [6.07, 6.45) is 1.09. The maximum Gasteiger partial charge on any atom is 0.311 e. The molecule has 0 spiro atoms. The molecule has 1 unspecified atom stereocenters. The quantitative estimate of drug-likeness (QED) is 0.915. The largest absolute Gasteiger partial charge is 0.481 e. The number of hydrogen-bond donors (Lipinski definition) is 1. The molecule has 1 amide bonds. The third-order valence-corrected chi connectivity index (χ3v) is 5.96. The van der Waals surface area contributed by atoms with E-state index in [1.54, 1.807) is 4.90 Å². The van der Waals surface area contributed by atoms with Gasteiger partial charge in [-0.3, -0.25) is 9.59 Å². The molecule has 0 aliphatic carbocycles. The average molecular weight is 346 g/mol. The van der Waals surface area contributed by atoms with Crippen molar-refractivity contribution in [2.75, 3.05) is 13.1 Å². The molecule has 1 aliphatic rings.